The molecule has 0 amide bonds. The predicted octanol–water partition coefficient (Wildman–Crippen LogP) is 1.36. The molecular formula is C10H14N2O3. The van der Waals surface area contributed by atoms with Gasteiger partial charge >= 0.3 is 5.97 Å². The van der Waals surface area contributed by atoms with Gasteiger partial charge < -0.3 is 9.84 Å². The van der Waals surface area contributed by atoms with Crippen LogP contribution in [0.4, 0.5) is 0 Å². The van der Waals surface area contributed by atoms with E-state index < -0.39 is 5.97 Å². The third kappa shape index (κ3) is 1.87. The maximum atomic E-state index is 11.0. The minimum atomic E-state index is -0.943. The van der Waals surface area contributed by atoms with Gasteiger partial charge in [-0.15, -0.1) is 0 Å². The highest BCUT2D eigenvalue weighted by atomic mass is 16.5. The van der Waals surface area contributed by atoms with Gasteiger partial charge in [0, 0.05) is 13.2 Å². The average Bonchev–Trinajstić information content (AvgIpc) is 2.71. The monoisotopic (exact) mass is 210 g/mol. The van der Waals surface area contributed by atoms with Crippen molar-refractivity contribution in [3.05, 3.63) is 17.5 Å². The molecule has 1 fully saturated rings. The summed E-state index contributed by atoms with van der Waals surface area (Å²) in [6.45, 7) is 1.99. The van der Waals surface area contributed by atoms with E-state index in [-0.39, 0.29) is 17.8 Å². The van der Waals surface area contributed by atoms with Crippen LogP contribution in [0.1, 0.15) is 41.9 Å². The number of aromatic nitrogens is 2. The van der Waals surface area contributed by atoms with Crippen molar-refractivity contribution in [3.8, 4) is 0 Å². The molecule has 82 valence electrons. The third-order valence-corrected chi connectivity index (χ3v) is 2.62. The standard InChI is InChI=1S/C10H14N2O3/c1-6-3-4-8(15-6)9-7(10(13)14)5-12(2)11-9/h5-6,8H,3-4H2,1-2H3,(H,13,14)/t6-,8-/m0/s1. The van der Waals surface area contributed by atoms with E-state index in [1.54, 1.807) is 7.05 Å². The number of rotatable bonds is 2. The molecule has 2 rings (SSSR count). The van der Waals surface area contributed by atoms with Crippen molar-refractivity contribution in [2.75, 3.05) is 0 Å². The van der Waals surface area contributed by atoms with Crippen molar-refractivity contribution >= 4 is 5.97 Å². The maximum Gasteiger partial charge on any atom is 0.339 e. The van der Waals surface area contributed by atoms with Crippen LogP contribution < -0.4 is 0 Å². The van der Waals surface area contributed by atoms with Gasteiger partial charge in [0.1, 0.15) is 17.4 Å². The summed E-state index contributed by atoms with van der Waals surface area (Å²) in [5.74, 6) is -0.943. The van der Waals surface area contributed by atoms with Gasteiger partial charge in [-0.05, 0) is 19.8 Å². The Kier molecular flexibility index (Phi) is 2.48. The van der Waals surface area contributed by atoms with E-state index in [9.17, 15) is 4.79 Å². The molecule has 1 N–H and O–H groups in total. The molecule has 15 heavy (non-hydrogen) atoms. The zero-order valence-electron chi connectivity index (χ0n) is 8.80. The average molecular weight is 210 g/mol. The summed E-state index contributed by atoms with van der Waals surface area (Å²) in [4.78, 5) is 11.0. The summed E-state index contributed by atoms with van der Waals surface area (Å²) in [5.41, 5.74) is 0.797. The van der Waals surface area contributed by atoms with Crippen LogP contribution >= 0.6 is 0 Å². The van der Waals surface area contributed by atoms with Crippen LogP contribution in [-0.2, 0) is 11.8 Å². The first-order valence-corrected chi connectivity index (χ1v) is 5.00. The lowest BCUT2D eigenvalue weighted by molar-refractivity contribution is 0.0499. The van der Waals surface area contributed by atoms with Crippen molar-refractivity contribution < 1.29 is 14.6 Å². The molecule has 0 bridgehead atoms. The molecule has 1 saturated heterocycles. The first-order chi connectivity index (χ1) is 7.08. The van der Waals surface area contributed by atoms with Crippen LogP contribution in [0.2, 0.25) is 0 Å². The van der Waals surface area contributed by atoms with E-state index in [0.717, 1.165) is 12.8 Å². The largest absolute Gasteiger partial charge is 0.478 e. The zero-order chi connectivity index (χ0) is 11.0. The molecule has 0 unspecified atom stereocenters. The van der Waals surface area contributed by atoms with Crippen molar-refractivity contribution in [1.82, 2.24) is 9.78 Å². The summed E-state index contributed by atoms with van der Waals surface area (Å²) < 4.78 is 7.13. The van der Waals surface area contributed by atoms with Crippen LogP contribution in [0, 0.1) is 0 Å². The molecule has 2 heterocycles. The van der Waals surface area contributed by atoms with E-state index in [1.165, 1.54) is 10.9 Å². The second-order valence-corrected chi connectivity index (χ2v) is 3.92. The van der Waals surface area contributed by atoms with Gasteiger partial charge in [0.05, 0.1) is 6.10 Å². The summed E-state index contributed by atoms with van der Waals surface area (Å²) in [5, 5.41) is 13.2. The summed E-state index contributed by atoms with van der Waals surface area (Å²) in [7, 11) is 1.72. The highest BCUT2D eigenvalue weighted by Crippen LogP contribution is 2.33. The molecule has 0 spiro atoms. The first kappa shape index (κ1) is 10.2. The smallest absolute Gasteiger partial charge is 0.339 e. The van der Waals surface area contributed by atoms with Crippen LogP contribution in [0.25, 0.3) is 0 Å². The second kappa shape index (κ2) is 3.66. The molecule has 1 aromatic heterocycles. The van der Waals surface area contributed by atoms with Gasteiger partial charge in [0.15, 0.2) is 0 Å². The molecular weight excluding hydrogens is 196 g/mol. The lowest BCUT2D eigenvalue weighted by atomic mass is 10.1. The third-order valence-electron chi connectivity index (χ3n) is 2.62. The molecule has 0 saturated carbocycles. The number of ether oxygens (including phenoxy) is 1. The number of nitrogens with zero attached hydrogens (tertiary/aromatic N) is 2. The molecule has 0 aliphatic carbocycles. The Hall–Kier alpha value is -1.36. The summed E-state index contributed by atoms with van der Waals surface area (Å²) >= 11 is 0. The van der Waals surface area contributed by atoms with Crippen LogP contribution in [0.3, 0.4) is 0 Å². The highest BCUT2D eigenvalue weighted by molar-refractivity contribution is 5.88. The number of hydrogen-bond acceptors (Lipinski definition) is 3. The maximum absolute atomic E-state index is 11.0. The Morgan fingerprint density at radius 1 is 1.67 bits per heavy atom. The van der Waals surface area contributed by atoms with E-state index in [4.69, 9.17) is 9.84 Å². The number of carbonyl (C=O) groups is 1. The number of aromatic carboxylic acids is 1. The van der Waals surface area contributed by atoms with Crippen molar-refractivity contribution in [2.45, 2.75) is 32.0 Å². The topological polar surface area (TPSA) is 64.4 Å². The summed E-state index contributed by atoms with van der Waals surface area (Å²) in [6, 6.07) is 0. The van der Waals surface area contributed by atoms with Gasteiger partial charge in [-0.1, -0.05) is 0 Å². The van der Waals surface area contributed by atoms with Gasteiger partial charge in [-0.2, -0.15) is 5.10 Å². The van der Waals surface area contributed by atoms with Crippen LogP contribution in [-0.4, -0.2) is 27.0 Å². The van der Waals surface area contributed by atoms with Crippen molar-refractivity contribution in [1.29, 1.82) is 0 Å². The van der Waals surface area contributed by atoms with E-state index in [1.807, 2.05) is 6.92 Å². The van der Waals surface area contributed by atoms with Crippen molar-refractivity contribution in [2.24, 2.45) is 7.05 Å². The number of carboxylic acid groups (broad SMARTS) is 1. The predicted molar refractivity (Wildman–Crippen MR) is 52.7 cm³/mol. The lowest BCUT2D eigenvalue weighted by Crippen LogP contribution is -2.07. The number of hydrogen-bond donors (Lipinski definition) is 1. The normalized spacial score (nSPS) is 25.7. The molecule has 5 heteroatoms. The Morgan fingerprint density at radius 3 is 2.93 bits per heavy atom. The van der Waals surface area contributed by atoms with E-state index in [0.29, 0.717) is 5.69 Å². The highest BCUT2D eigenvalue weighted by Gasteiger charge is 2.29. The minimum Gasteiger partial charge on any atom is -0.478 e. The minimum absolute atomic E-state index is 0.160. The molecule has 5 nitrogen and oxygen atoms in total. The number of aryl methyl sites for hydroxylation is 1. The first-order valence-electron chi connectivity index (χ1n) is 5.00. The zero-order valence-corrected chi connectivity index (χ0v) is 8.80. The molecule has 1 aliphatic heterocycles. The Bertz CT molecular complexity index is 386. The Balaban J connectivity index is 2.30. The Labute approximate surface area is 87.7 Å². The Morgan fingerprint density at radius 2 is 2.40 bits per heavy atom. The second-order valence-electron chi connectivity index (χ2n) is 3.92. The molecule has 0 aromatic carbocycles. The molecule has 1 aliphatic rings. The van der Waals surface area contributed by atoms with Gasteiger partial charge in [-0.3, -0.25) is 4.68 Å². The SMILES string of the molecule is C[C@H]1CC[C@@H](c2nn(C)cc2C(=O)O)O1. The van der Waals surface area contributed by atoms with E-state index >= 15 is 0 Å². The van der Waals surface area contributed by atoms with Crippen molar-refractivity contribution in [3.63, 3.8) is 0 Å². The molecule has 1 aromatic rings. The van der Waals surface area contributed by atoms with Crippen LogP contribution in [0.5, 0.6) is 0 Å². The fraction of sp³-hybridized carbons (Fsp3) is 0.600. The fourth-order valence-electron chi connectivity index (χ4n) is 1.91. The fourth-order valence-corrected chi connectivity index (χ4v) is 1.91. The summed E-state index contributed by atoms with van der Waals surface area (Å²) in [6.07, 6.45) is 3.36. The van der Waals surface area contributed by atoms with Gasteiger partial charge in [0.2, 0.25) is 0 Å². The number of carboxylic acids is 1. The van der Waals surface area contributed by atoms with E-state index in [2.05, 4.69) is 5.10 Å². The van der Waals surface area contributed by atoms with Gasteiger partial charge in [-0.25, -0.2) is 4.79 Å². The molecule has 0 radical (unpaired) electrons. The molecule has 2 atom stereocenters. The van der Waals surface area contributed by atoms with Crippen LogP contribution in [0.15, 0.2) is 6.20 Å². The van der Waals surface area contributed by atoms with Gasteiger partial charge in [0.25, 0.3) is 0 Å². The quantitative estimate of drug-likeness (QED) is 0.800. The lowest BCUT2D eigenvalue weighted by Gasteiger charge is -2.08.